The number of benzene rings is 1. The Balaban J connectivity index is 2.56. The predicted molar refractivity (Wildman–Crippen MR) is 60.3 cm³/mol. The van der Waals surface area contributed by atoms with Crippen molar-refractivity contribution in [1.29, 1.82) is 0 Å². The number of hydrogen-bond acceptors (Lipinski definition) is 4. The van der Waals surface area contributed by atoms with Crippen LogP contribution in [0.1, 0.15) is 11.4 Å². The van der Waals surface area contributed by atoms with E-state index in [4.69, 9.17) is 5.73 Å². The van der Waals surface area contributed by atoms with Crippen molar-refractivity contribution in [3.05, 3.63) is 35.7 Å². The third-order valence-corrected chi connectivity index (χ3v) is 2.40. The van der Waals surface area contributed by atoms with E-state index in [0.29, 0.717) is 5.69 Å². The van der Waals surface area contributed by atoms with Crippen molar-refractivity contribution in [2.24, 2.45) is 0 Å². The molecule has 2 rings (SSSR count). The number of anilines is 1. The number of rotatable bonds is 3. The summed E-state index contributed by atoms with van der Waals surface area (Å²) in [5.41, 5.74) is 8.73. The average Bonchev–Trinajstić information content (AvgIpc) is 2.62. The molecule has 0 spiro atoms. The van der Waals surface area contributed by atoms with E-state index in [-0.39, 0.29) is 6.42 Å². The van der Waals surface area contributed by atoms with Crippen LogP contribution in [0, 0.1) is 6.92 Å². The Hall–Kier alpha value is -2.17. The lowest BCUT2D eigenvalue weighted by molar-refractivity contribution is -0.107. The molecular weight excluding hydrogens is 204 g/mol. The first kappa shape index (κ1) is 10.4. The Kier molecular flexibility index (Phi) is 2.68. The number of hydrogen-bond donors (Lipinski definition) is 1. The van der Waals surface area contributed by atoms with Crippen LogP contribution in [-0.4, -0.2) is 21.3 Å². The van der Waals surface area contributed by atoms with Gasteiger partial charge in [-0.2, -0.15) is 0 Å². The highest BCUT2D eigenvalue weighted by atomic mass is 16.1. The number of para-hydroxylation sites is 2. The molecule has 0 amide bonds. The zero-order valence-corrected chi connectivity index (χ0v) is 8.92. The first-order chi connectivity index (χ1) is 7.74. The molecule has 82 valence electrons. The van der Waals surface area contributed by atoms with Crippen molar-refractivity contribution >= 4 is 12.0 Å². The van der Waals surface area contributed by atoms with Crippen LogP contribution < -0.4 is 5.73 Å². The summed E-state index contributed by atoms with van der Waals surface area (Å²) in [7, 11) is 0. The monoisotopic (exact) mass is 216 g/mol. The van der Waals surface area contributed by atoms with Gasteiger partial charge in [0.2, 0.25) is 0 Å². The lowest BCUT2D eigenvalue weighted by Crippen LogP contribution is -2.06. The van der Waals surface area contributed by atoms with Gasteiger partial charge in [0, 0.05) is 6.42 Å². The number of nitrogens with two attached hydrogens (primary N) is 1. The maximum absolute atomic E-state index is 10.6. The molecular formula is C11H12N4O. The quantitative estimate of drug-likeness (QED) is 0.611. The first-order valence-corrected chi connectivity index (χ1v) is 4.93. The molecule has 0 radical (unpaired) electrons. The summed E-state index contributed by atoms with van der Waals surface area (Å²) in [6.07, 6.45) is 1.12. The number of carbonyl (C=O) groups is 1. The Morgan fingerprint density at radius 3 is 2.88 bits per heavy atom. The largest absolute Gasteiger partial charge is 0.397 e. The highest BCUT2D eigenvalue weighted by Crippen LogP contribution is 2.18. The van der Waals surface area contributed by atoms with Crippen LogP contribution in [0.3, 0.4) is 0 Å². The number of nitrogens with zero attached hydrogens (tertiary/aromatic N) is 3. The fourth-order valence-corrected chi connectivity index (χ4v) is 1.56. The highest BCUT2D eigenvalue weighted by molar-refractivity contribution is 5.60. The molecule has 0 atom stereocenters. The molecule has 0 saturated heterocycles. The molecule has 16 heavy (non-hydrogen) atoms. The van der Waals surface area contributed by atoms with Crippen LogP contribution >= 0.6 is 0 Å². The Labute approximate surface area is 92.9 Å². The van der Waals surface area contributed by atoms with E-state index in [9.17, 15) is 4.79 Å². The molecule has 2 N–H and O–H groups in total. The summed E-state index contributed by atoms with van der Waals surface area (Å²) in [5, 5.41) is 7.94. The van der Waals surface area contributed by atoms with Crippen LogP contribution in [0.5, 0.6) is 0 Å². The molecule has 2 aromatic rings. The van der Waals surface area contributed by atoms with Gasteiger partial charge in [0.1, 0.15) is 6.29 Å². The molecule has 0 fully saturated rings. The van der Waals surface area contributed by atoms with Gasteiger partial charge in [0.25, 0.3) is 0 Å². The van der Waals surface area contributed by atoms with Gasteiger partial charge in [-0.25, -0.2) is 4.68 Å². The maximum Gasteiger partial charge on any atom is 0.126 e. The fourth-order valence-electron chi connectivity index (χ4n) is 1.56. The zero-order chi connectivity index (χ0) is 11.5. The molecule has 0 bridgehead atoms. The second-order valence-electron chi connectivity index (χ2n) is 3.46. The fraction of sp³-hybridized carbons (Fsp3) is 0.182. The number of nitrogen functional groups attached to an aromatic ring is 1. The lowest BCUT2D eigenvalue weighted by Gasteiger charge is -2.07. The number of aryl methyl sites for hydroxylation is 1. The van der Waals surface area contributed by atoms with E-state index in [1.54, 1.807) is 10.7 Å². The standard InChI is InChI=1S/C11H12N4O/c1-8-10(6-7-16)15(14-13-8)11-5-3-2-4-9(11)12/h2-5,7H,6,12H2,1H3. The molecule has 0 aliphatic heterocycles. The maximum atomic E-state index is 10.6. The lowest BCUT2D eigenvalue weighted by atomic mass is 10.2. The predicted octanol–water partition coefficient (Wildman–Crippen LogP) is 0.899. The summed E-state index contributed by atoms with van der Waals surface area (Å²) in [5.74, 6) is 0. The van der Waals surface area contributed by atoms with E-state index < -0.39 is 0 Å². The van der Waals surface area contributed by atoms with Crippen LogP contribution in [0.25, 0.3) is 5.69 Å². The van der Waals surface area contributed by atoms with Crippen LogP contribution in [0.2, 0.25) is 0 Å². The molecule has 0 aliphatic carbocycles. The van der Waals surface area contributed by atoms with Crippen LogP contribution in [0.4, 0.5) is 5.69 Å². The molecule has 0 unspecified atom stereocenters. The van der Waals surface area contributed by atoms with Crippen molar-refractivity contribution in [2.75, 3.05) is 5.73 Å². The molecule has 5 heteroatoms. The van der Waals surface area contributed by atoms with Gasteiger partial charge in [0.05, 0.1) is 22.8 Å². The van der Waals surface area contributed by atoms with Gasteiger partial charge in [-0.15, -0.1) is 5.10 Å². The second-order valence-corrected chi connectivity index (χ2v) is 3.46. The van der Waals surface area contributed by atoms with Gasteiger partial charge in [-0.05, 0) is 19.1 Å². The van der Waals surface area contributed by atoms with Gasteiger partial charge in [-0.1, -0.05) is 17.3 Å². The van der Waals surface area contributed by atoms with Gasteiger partial charge >= 0.3 is 0 Å². The van der Waals surface area contributed by atoms with Gasteiger partial charge in [0.15, 0.2) is 0 Å². The normalized spacial score (nSPS) is 10.3. The van der Waals surface area contributed by atoms with Crippen LogP contribution in [-0.2, 0) is 11.2 Å². The summed E-state index contributed by atoms with van der Waals surface area (Å²) < 4.78 is 1.61. The summed E-state index contributed by atoms with van der Waals surface area (Å²) in [6, 6.07) is 7.35. The van der Waals surface area contributed by atoms with Gasteiger partial charge < -0.3 is 10.5 Å². The zero-order valence-electron chi connectivity index (χ0n) is 8.92. The van der Waals surface area contributed by atoms with Gasteiger partial charge in [-0.3, -0.25) is 0 Å². The van der Waals surface area contributed by atoms with Crippen molar-refractivity contribution in [1.82, 2.24) is 15.0 Å². The minimum absolute atomic E-state index is 0.285. The smallest absolute Gasteiger partial charge is 0.126 e. The van der Waals surface area contributed by atoms with E-state index in [1.807, 2.05) is 25.1 Å². The first-order valence-electron chi connectivity index (χ1n) is 4.93. The van der Waals surface area contributed by atoms with Crippen LogP contribution in [0.15, 0.2) is 24.3 Å². The molecule has 0 aliphatic rings. The minimum atomic E-state index is 0.285. The molecule has 1 aromatic heterocycles. The molecule has 5 nitrogen and oxygen atoms in total. The highest BCUT2D eigenvalue weighted by Gasteiger charge is 2.11. The number of carbonyl (C=O) groups excluding carboxylic acids is 1. The number of aromatic nitrogens is 3. The molecule has 1 heterocycles. The Bertz CT molecular complexity index is 518. The van der Waals surface area contributed by atoms with E-state index in [0.717, 1.165) is 23.4 Å². The second kappa shape index (κ2) is 4.14. The SMILES string of the molecule is Cc1nnn(-c2ccccc2N)c1CC=O. The van der Waals surface area contributed by atoms with E-state index in [2.05, 4.69) is 10.3 Å². The topological polar surface area (TPSA) is 73.8 Å². The van der Waals surface area contributed by atoms with E-state index >= 15 is 0 Å². The Morgan fingerprint density at radius 2 is 2.19 bits per heavy atom. The minimum Gasteiger partial charge on any atom is -0.397 e. The van der Waals surface area contributed by atoms with Crippen molar-refractivity contribution < 1.29 is 4.79 Å². The molecule has 0 saturated carbocycles. The van der Waals surface area contributed by atoms with Crippen molar-refractivity contribution in [3.63, 3.8) is 0 Å². The number of aldehydes is 1. The average molecular weight is 216 g/mol. The van der Waals surface area contributed by atoms with Crippen molar-refractivity contribution in [2.45, 2.75) is 13.3 Å². The summed E-state index contributed by atoms with van der Waals surface area (Å²) in [6.45, 7) is 1.82. The third-order valence-electron chi connectivity index (χ3n) is 2.40. The summed E-state index contributed by atoms with van der Waals surface area (Å²) >= 11 is 0. The van der Waals surface area contributed by atoms with E-state index in [1.165, 1.54) is 0 Å². The Morgan fingerprint density at radius 1 is 1.44 bits per heavy atom. The third kappa shape index (κ3) is 1.67. The van der Waals surface area contributed by atoms with Crippen molar-refractivity contribution in [3.8, 4) is 5.69 Å². The molecule has 1 aromatic carbocycles. The summed E-state index contributed by atoms with van der Waals surface area (Å²) in [4.78, 5) is 10.6.